The van der Waals surface area contributed by atoms with Crippen molar-refractivity contribution in [3.8, 4) is 0 Å². The van der Waals surface area contributed by atoms with Gasteiger partial charge in [0.1, 0.15) is 5.82 Å². The smallest absolute Gasteiger partial charge is 0.335 e. The van der Waals surface area contributed by atoms with Gasteiger partial charge in [-0.2, -0.15) is 0 Å². The molecule has 0 aromatic heterocycles. The van der Waals surface area contributed by atoms with Gasteiger partial charge in [0.2, 0.25) is 5.91 Å². The van der Waals surface area contributed by atoms with E-state index in [0.717, 1.165) is 6.07 Å². The molecule has 0 spiro atoms. The number of carbonyl (C=O) groups excluding carboxylic acids is 1. The van der Waals surface area contributed by atoms with Crippen molar-refractivity contribution in [1.82, 2.24) is 0 Å². The van der Waals surface area contributed by atoms with Crippen LogP contribution in [-0.4, -0.2) is 23.5 Å². The topological polar surface area (TPSA) is 92.4 Å². The average Bonchev–Trinajstić information content (AvgIpc) is 2.33. The van der Waals surface area contributed by atoms with E-state index in [1.807, 2.05) is 0 Å². The van der Waals surface area contributed by atoms with Crippen molar-refractivity contribution < 1.29 is 19.1 Å². The molecule has 0 aliphatic rings. The maximum absolute atomic E-state index is 13.5. The van der Waals surface area contributed by atoms with Crippen molar-refractivity contribution in [2.75, 3.05) is 11.9 Å². The summed E-state index contributed by atoms with van der Waals surface area (Å²) in [6.07, 6.45) is 0.553. The van der Waals surface area contributed by atoms with Gasteiger partial charge in [-0.25, -0.2) is 9.18 Å². The molecule has 1 aromatic rings. The molecule has 1 rings (SSSR count). The lowest BCUT2D eigenvalue weighted by atomic mass is 10.1. The predicted molar refractivity (Wildman–Crippen MR) is 64.8 cm³/mol. The van der Waals surface area contributed by atoms with Crippen LogP contribution in [0.1, 0.15) is 23.7 Å². The second-order valence-corrected chi connectivity index (χ2v) is 3.83. The van der Waals surface area contributed by atoms with Crippen LogP contribution in [0.25, 0.3) is 0 Å². The van der Waals surface area contributed by atoms with Gasteiger partial charge in [0, 0.05) is 6.54 Å². The first-order valence-electron chi connectivity index (χ1n) is 5.53. The van der Waals surface area contributed by atoms with E-state index >= 15 is 0 Å². The molecular weight excluding hydrogens is 239 g/mol. The summed E-state index contributed by atoms with van der Waals surface area (Å²) in [5.74, 6) is -2.76. The number of carboxylic acid groups (broad SMARTS) is 1. The Morgan fingerprint density at radius 3 is 2.61 bits per heavy atom. The number of hydrogen-bond donors (Lipinski definition) is 3. The highest BCUT2D eigenvalue weighted by Gasteiger charge is 2.16. The zero-order valence-corrected chi connectivity index (χ0v) is 9.94. The fraction of sp³-hybridized carbons (Fsp3) is 0.333. The van der Waals surface area contributed by atoms with Crippen LogP contribution in [0, 0.1) is 11.7 Å². The van der Waals surface area contributed by atoms with E-state index in [1.54, 1.807) is 6.92 Å². The summed E-state index contributed by atoms with van der Waals surface area (Å²) in [7, 11) is 0. The fourth-order valence-electron chi connectivity index (χ4n) is 1.44. The van der Waals surface area contributed by atoms with E-state index < -0.39 is 11.8 Å². The van der Waals surface area contributed by atoms with Gasteiger partial charge in [0.05, 0.1) is 17.2 Å². The number of amides is 1. The van der Waals surface area contributed by atoms with Crippen LogP contribution in [0.15, 0.2) is 18.2 Å². The predicted octanol–water partition coefficient (Wildman–Crippen LogP) is 1.45. The molecule has 6 heteroatoms. The molecule has 5 nitrogen and oxygen atoms in total. The molecular formula is C12H15FN2O3. The maximum Gasteiger partial charge on any atom is 0.335 e. The van der Waals surface area contributed by atoms with Crippen molar-refractivity contribution in [1.29, 1.82) is 0 Å². The van der Waals surface area contributed by atoms with Gasteiger partial charge in [-0.05, 0) is 24.6 Å². The van der Waals surface area contributed by atoms with Crippen LogP contribution in [0.3, 0.4) is 0 Å². The van der Waals surface area contributed by atoms with E-state index in [4.69, 9.17) is 10.8 Å². The summed E-state index contributed by atoms with van der Waals surface area (Å²) in [6, 6.07) is 3.31. The van der Waals surface area contributed by atoms with E-state index in [2.05, 4.69) is 5.32 Å². The third-order valence-electron chi connectivity index (χ3n) is 2.62. The Kier molecular flexibility index (Phi) is 4.79. The summed E-state index contributed by atoms with van der Waals surface area (Å²) in [6.45, 7) is 1.98. The second-order valence-electron chi connectivity index (χ2n) is 3.83. The summed E-state index contributed by atoms with van der Waals surface area (Å²) in [4.78, 5) is 22.3. The van der Waals surface area contributed by atoms with Gasteiger partial charge in [-0.1, -0.05) is 6.92 Å². The van der Waals surface area contributed by atoms with Crippen LogP contribution in [-0.2, 0) is 4.79 Å². The van der Waals surface area contributed by atoms with E-state index in [1.165, 1.54) is 12.1 Å². The van der Waals surface area contributed by atoms with Gasteiger partial charge in [0.25, 0.3) is 0 Å². The number of benzene rings is 1. The van der Waals surface area contributed by atoms with Gasteiger partial charge in [0.15, 0.2) is 0 Å². The number of hydrogen-bond acceptors (Lipinski definition) is 3. The lowest BCUT2D eigenvalue weighted by molar-refractivity contribution is -0.119. The zero-order valence-electron chi connectivity index (χ0n) is 9.94. The summed E-state index contributed by atoms with van der Waals surface area (Å²) >= 11 is 0. The van der Waals surface area contributed by atoms with Gasteiger partial charge in [-0.3, -0.25) is 4.79 Å². The Balaban J connectivity index is 2.86. The molecule has 0 radical (unpaired) electrons. The van der Waals surface area contributed by atoms with E-state index in [-0.39, 0.29) is 29.6 Å². The molecule has 0 bridgehead atoms. The molecule has 1 amide bonds. The number of nitrogens with two attached hydrogens (primary N) is 1. The van der Waals surface area contributed by atoms with Gasteiger partial charge < -0.3 is 16.2 Å². The van der Waals surface area contributed by atoms with Crippen LogP contribution >= 0.6 is 0 Å². The molecule has 0 aliphatic heterocycles. The van der Waals surface area contributed by atoms with Crippen molar-refractivity contribution >= 4 is 17.6 Å². The highest BCUT2D eigenvalue weighted by Crippen LogP contribution is 2.17. The number of carbonyl (C=O) groups is 2. The van der Waals surface area contributed by atoms with Crippen LogP contribution < -0.4 is 11.1 Å². The molecule has 18 heavy (non-hydrogen) atoms. The van der Waals surface area contributed by atoms with Gasteiger partial charge in [-0.15, -0.1) is 0 Å². The summed E-state index contributed by atoms with van der Waals surface area (Å²) in [5.41, 5.74) is 5.19. The number of nitrogens with one attached hydrogen (secondary N) is 1. The Labute approximate surface area is 104 Å². The molecule has 0 saturated carbocycles. The van der Waals surface area contributed by atoms with Crippen molar-refractivity contribution in [2.24, 2.45) is 11.7 Å². The first-order valence-corrected chi connectivity index (χ1v) is 5.53. The quantitative estimate of drug-likeness (QED) is 0.741. The lowest BCUT2D eigenvalue weighted by Gasteiger charge is -2.13. The molecule has 1 unspecified atom stereocenters. The minimum Gasteiger partial charge on any atom is -0.478 e. The van der Waals surface area contributed by atoms with Crippen molar-refractivity contribution in [2.45, 2.75) is 13.3 Å². The summed E-state index contributed by atoms with van der Waals surface area (Å²) in [5, 5.41) is 11.1. The lowest BCUT2D eigenvalue weighted by Crippen LogP contribution is -2.29. The molecule has 0 heterocycles. The molecule has 0 fully saturated rings. The third kappa shape index (κ3) is 3.27. The molecule has 0 aliphatic carbocycles. The van der Waals surface area contributed by atoms with E-state index in [0.29, 0.717) is 6.42 Å². The number of rotatable bonds is 5. The first-order chi connectivity index (χ1) is 8.49. The number of aromatic carboxylic acids is 1. The average molecular weight is 254 g/mol. The third-order valence-corrected chi connectivity index (χ3v) is 2.62. The van der Waals surface area contributed by atoms with E-state index in [9.17, 15) is 14.0 Å². The Morgan fingerprint density at radius 1 is 1.50 bits per heavy atom. The zero-order chi connectivity index (χ0) is 13.7. The number of halogens is 1. The number of anilines is 1. The molecule has 4 N–H and O–H groups in total. The van der Waals surface area contributed by atoms with Crippen LogP contribution in [0.4, 0.5) is 10.1 Å². The molecule has 98 valence electrons. The highest BCUT2D eigenvalue weighted by molar-refractivity contribution is 5.94. The minimum absolute atomic E-state index is 0.0445. The standard InChI is InChI=1S/C12H15FN2O3/c1-2-7(6-14)11(16)15-10-4-3-8(12(17)18)5-9(10)13/h3-5,7H,2,6,14H2,1H3,(H,15,16)(H,17,18). The SMILES string of the molecule is CCC(CN)C(=O)Nc1ccc(C(=O)O)cc1F. The maximum atomic E-state index is 13.5. The second kappa shape index (κ2) is 6.11. The van der Waals surface area contributed by atoms with Crippen LogP contribution in [0.5, 0.6) is 0 Å². The summed E-state index contributed by atoms with van der Waals surface area (Å²) < 4.78 is 13.5. The van der Waals surface area contributed by atoms with Gasteiger partial charge >= 0.3 is 5.97 Å². The number of carboxylic acids is 1. The fourth-order valence-corrected chi connectivity index (χ4v) is 1.44. The monoisotopic (exact) mass is 254 g/mol. The van der Waals surface area contributed by atoms with Crippen molar-refractivity contribution in [3.05, 3.63) is 29.6 Å². The minimum atomic E-state index is -1.22. The largest absolute Gasteiger partial charge is 0.478 e. The first kappa shape index (κ1) is 14.1. The Hall–Kier alpha value is -1.95. The Morgan fingerprint density at radius 2 is 2.17 bits per heavy atom. The molecule has 1 atom stereocenters. The normalized spacial score (nSPS) is 11.9. The Bertz CT molecular complexity index is 459. The van der Waals surface area contributed by atoms with Crippen molar-refractivity contribution in [3.63, 3.8) is 0 Å². The van der Waals surface area contributed by atoms with Crippen LogP contribution in [0.2, 0.25) is 0 Å². The molecule has 0 saturated heterocycles. The highest BCUT2D eigenvalue weighted by atomic mass is 19.1. The molecule has 1 aromatic carbocycles.